The Kier molecular flexibility index (Phi) is 19.4. The number of halogens is 1. The first-order chi connectivity index (χ1) is 13.4. The van der Waals surface area contributed by atoms with E-state index in [0.29, 0.717) is 41.4 Å². The van der Waals surface area contributed by atoms with Gasteiger partial charge in [0.2, 0.25) is 0 Å². The first-order valence-electron chi connectivity index (χ1n) is 10.3. The molecule has 0 saturated heterocycles. The van der Waals surface area contributed by atoms with Gasteiger partial charge >= 0.3 is 29.6 Å². The standard InChI is InChI=1S/C8H14O.C8H15.C7H4ClNO.C2H6.Na/c1-4-7(5-2)8(9)6-3;1-7(2)5-8(3,4)6-7;8-7-3-6(10)2-1-5(7)4-9;1-2;/h7H,1-2,4-6H2,3H3;5H,6H2,1-4H3;1-3,10H;1-2H3;/q-2;-1;;;+1. The largest absolute Gasteiger partial charge is 1.00 e. The van der Waals surface area contributed by atoms with Gasteiger partial charge in [0, 0.05) is 6.42 Å². The van der Waals surface area contributed by atoms with Crippen molar-refractivity contribution in [3.8, 4) is 11.8 Å². The van der Waals surface area contributed by atoms with Crippen LogP contribution in [0, 0.1) is 48.3 Å². The molecule has 1 aromatic carbocycles. The summed E-state index contributed by atoms with van der Waals surface area (Å²) < 4.78 is 0. The van der Waals surface area contributed by atoms with Crippen LogP contribution in [0.15, 0.2) is 18.2 Å². The first-order valence-corrected chi connectivity index (χ1v) is 10.7. The first kappa shape index (κ1) is 34.1. The van der Waals surface area contributed by atoms with E-state index < -0.39 is 0 Å². The van der Waals surface area contributed by atoms with Crippen LogP contribution in [0.5, 0.6) is 5.75 Å². The molecule has 3 nitrogen and oxygen atoms in total. The van der Waals surface area contributed by atoms with Crippen LogP contribution in [-0.4, -0.2) is 10.9 Å². The summed E-state index contributed by atoms with van der Waals surface area (Å²) >= 11 is 5.55. The smallest absolute Gasteiger partial charge is 0.508 e. The minimum absolute atomic E-state index is 0. The van der Waals surface area contributed by atoms with Gasteiger partial charge in [0.1, 0.15) is 17.6 Å². The number of carbonyl (C=O) groups excluding carboxylic acids is 1. The molecular weight excluding hydrogens is 405 g/mol. The van der Waals surface area contributed by atoms with Gasteiger partial charge in [-0.05, 0) is 24.1 Å². The third-order valence-corrected chi connectivity index (χ3v) is 4.58. The Labute approximate surface area is 212 Å². The Hall–Kier alpha value is -0.530. The van der Waals surface area contributed by atoms with Gasteiger partial charge in [0.15, 0.2) is 0 Å². The summed E-state index contributed by atoms with van der Waals surface area (Å²) in [5.41, 5.74) is 1.44. The molecule has 0 amide bonds. The van der Waals surface area contributed by atoms with Crippen molar-refractivity contribution in [2.45, 2.75) is 74.1 Å². The zero-order chi connectivity index (χ0) is 23.3. The molecule has 1 aromatic rings. The Bertz CT molecular complexity index is 625. The summed E-state index contributed by atoms with van der Waals surface area (Å²) in [6.45, 7) is 22.4. The minimum atomic E-state index is 0. The van der Waals surface area contributed by atoms with Crippen molar-refractivity contribution in [1.82, 2.24) is 0 Å². The van der Waals surface area contributed by atoms with E-state index in [9.17, 15) is 4.79 Å². The van der Waals surface area contributed by atoms with Crippen LogP contribution in [0.2, 0.25) is 5.02 Å². The average molecular weight is 444 g/mol. The fourth-order valence-corrected chi connectivity index (χ4v) is 3.77. The quantitative estimate of drug-likeness (QED) is 0.545. The number of nitriles is 1. The second-order valence-corrected chi connectivity index (χ2v) is 8.58. The van der Waals surface area contributed by atoms with E-state index in [-0.39, 0.29) is 46.2 Å². The van der Waals surface area contributed by atoms with Crippen molar-refractivity contribution in [3.63, 3.8) is 0 Å². The van der Waals surface area contributed by atoms with Crippen LogP contribution in [0.4, 0.5) is 0 Å². The van der Waals surface area contributed by atoms with Crippen LogP contribution in [0.1, 0.15) is 79.7 Å². The molecule has 5 heteroatoms. The van der Waals surface area contributed by atoms with E-state index in [1.54, 1.807) is 0 Å². The number of aromatic hydroxyl groups is 1. The number of phenolic OH excluding ortho intramolecular Hbond substituents is 1. The molecule has 0 spiro atoms. The molecular formula is C25H39ClNNaO2-2. The number of hydrogen-bond donors (Lipinski definition) is 1. The number of nitrogens with zero attached hydrogens (tertiary/aromatic N) is 1. The van der Waals surface area contributed by atoms with Gasteiger partial charge in [0.05, 0.1) is 10.6 Å². The van der Waals surface area contributed by atoms with Crippen LogP contribution < -0.4 is 29.6 Å². The molecule has 2 rings (SSSR count). The molecule has 0 unspecified atom stereocenters. The van der Waals surface area contributed by atoms with Gasteiger partial charge in [-0.2, -0.15) is 28.9 Å². The Morgan fingerprint density at radius 2 is 1.67 bits per heavy atom. The number of benzene rings is 1. The van der Waals surface area contributed by atoms with Crippen molar-refractivity contribution < 1.29 is 39.5 Å². The van der Waals surface area contributed by atoms with E-state index in [1.165, 1.54) is 24.6 Å². The number of carbonyl (C=O) groups is 1. The molecule has 166 valence electrons. The summed E-state index contributed by atoms with van der Waals surface area (Å²) in [5.74, 6) is 0.471. The molecule has 0 atom stereocenters. The van der Waals surface area contributed by atoms with E-state index in [2.05, 4.69) is 48.0 Å². The Balaban J connectivity index is -0.000000346. The maximum atomic E-state index is 10.9. The van der Waals surface area contributed by atoms with Gasteiger partial charge in [0.25, 0.3) is 0 Å². The maximum Gasteiger partial charge on any atom is 1.00 e. The van der Waals surface area contributed by atoms with Gasteiger partial charge in [-0.15, -0.1) is 0 Å². The molecule has 1 aliphatic rings. The summed E-state index contributed by atoms with van der Waals surface area (Å²) in [6, 6.07) is 6.10. The van der Waals surface area contributed by atoms with E-state index >= 15 is 0 Å². The molecule has 0 aromatic heterocycles. The van der Waals surface area contributed by atoms with Crippen molar-refractivity contribution >= 4 is 17.4 Å². The van der Waals surface area contributed by atoms with Gasteiger partial charge in [-0.25, -0.2) is 0 Å². The molecule has 30 heavy (non-hydrogen) atoms. The fraction of sp³-hybridized carbons (Fsp3) is 0.560. The predicted molar refractivity (Wildman–Crippen MR) is 124 cm³/mol. The number of Topliss-reactive ketones (excluding diaryl/α,β-unsaturated/α-hetero) is 1. The van der Waals surface area contributed by atoms with Gasteiger partial charge in [-0.1, -0.05) is 66.5 Å². The van der Waals surface area contributed by atoms with Crippen LogP contribution in [0.3, 0.4) is 0 Å². The third-order valence-electron chi connectivity index (χ3n) is 4.27. The van der Waals surface area contributed by atoms with Gasteiger partial charge < -0.3 is 25.4 Å². The van der Waals surface area contributed by atoms with E-state index in [1.807, 2.05) is 26.8 Å². The number of rotatable bonds is 4. The van der Waals surface area contributed by atoms with Crippen molar-refractivity contribution in [3.05, 3.63) is 49.1 Å². The van der Waals surface area contributed by atoms with Crippen LogP contribution in [0.25, 0.3) is 0 Å². The zero-order valence-corrected chi connectivity index (χ0v) is 23.1. The number of phenols is 1. The molecule has 1 aliphatic carbocycles. The molecule has 0 aliphatic heterocycles. The third kappa shape index (κ3) is 14.5. The number of hydrogen-bond acceptors (Lipinski definition) is 3. The zero-order valence-electron chi connectivity index (χ0n) is 20.3. The minimum Gasteiger partial charge on any atom is -0.508 e. The second-order valence-electron chi connectivity index (χ2n) is 8.17. The van der Waals surface area contributed by atoms with Crippen molar-refractivity contribution in [2.24, 2.45) is 16.7 Å². The molecule has 0 bridgehead atoms. The van der Waals surface area contributed by atoms with Crippen molar-refractivity contribution in [1.29, 1.82) is 5.26 Å². The predicted octanol–water partition coefficient (Wildman–Crippen LogP) is 4.62. The second kappa shape index (κ2) is 17.1. The van der Waals surface area contributed by atoms with Crippen molar-refractivity contribution in [2.75, 3.05) is 0 Å². The van der Waals surface area contributed by atoms with Crippen LogP contribution >= 0.6 is 11.6 Å². The fourth-order valence-electron chi connectivity index (χ4n) is 3.55. The van der Waals surface area contributed by atoms with Gasteiger partial charge in [-0.3, -0.25) is 4.79 Å². The molecule has 1 fully saturated rings. The average Bonchev–Trinajstić information content (AvgIpc) is 2.63. The summed E-state index contributed by atoms with van der Waals surface area (Å²) in [4.78, 5) is 10.9. The molecule has 0 radical (unpaired) electrons. The molecule has 0 heterocycles. The normalized spacial score (nSPS) is 14.6. The Morgan fingerprint density at radius 1 is 1.23 bits per heavy atom. The Morgan fingerprint density at radius 3 is 1.87 bits per heavy atom. The van der Waals surface area contributed by atoms with E-state index in [4.69, 9.17) is 22.0 Å². The maximum absolute atomic E-state index is 10.9. The summed E-state index contributed by atoms with van der Waals surface area (Å²) in [5, 5.41) is 17.5. The monoisotopic (exact) mass is 443 g/mol. The number of ketones is 1. The van der Waals surface area contributed by atoms with E-state index in [0.717, 1.165) is 0 Å². The SMILES string of the molecule is CC.CC1(C)[CH-]C(C)(C)C1.N#Cc1ccc(O)cc1Cl.[CH2-]CC(C[CH2-])C(=O)CC.[Na+]. The topological polar surface area (TPSA) is 61.1 Å². The summed E-state index contributed by atoms with van der Waals surface area (Å²) in [7, 11) is 0. The molecule has 1 saturated carbocycles. The molecule has 1 N–H and O–H groups in total. The van der Waals surface area contributed by atoms with Crippen LogP contribution in [-0.2, 0) is 4.79 Å². The summed E-state index contributed by atoms with van der Waals surface area (Å²) in [6.07, 6.45) is 5.78.